The van der Waals surface area contributed by atoms with Crippen LogP contribution in [0.5, 0.6) is 0 Å². The van der Waals surface area contributed by atoms with E-state index in [1.54, 1.807) is 12.1 Å². The van der Waals surface area contributed by atoms with Crippen LogP contribution >= 0.6 is 11.8 Å². The summed E-state index contributed by atoms with van der Waals surface area (Å²) in [5, 5.41) is 12.4. The van der Waals surface area contributed by atoms with Gasteiger partial charge in [-0.3, -0.25) is 4.79 Å². The molecule has 2 rings (SSSR count). The van der Waals surface area contributed by atoms with Crippen LogP contribution in [0.25, 0.3) is 0 Å². The summed E-state index contributed by atoms with van der Waals surface area (Å²) in [7, 11) is 0. The van der Waals surface area contributed by atoms with E-state index in [4.69, 9.17) is 9.63 Å². The number of hydrogen-bond acceptors (Lipinski definition) is 5. The highest BCUT2D eigenvalue weighted by atomic mass is 32.2. The van der Waals surface area contributed by atoms with Gasteiger partial charge in [0, 0.05) is 17.7 Å². The van der Waals surface area contributed by atoms with Gasteiger partial charge in [-0.25, -0.2) is 4.39 Å². The summed E-state index contributed by atoms with van der Waals surface area (Å²) in [4.78, 5) is 15.6. The molecule has 5 nitrogen and oxygen atoms in total. The molecule has 0 atom stereocenters. The molecular weight excluding hydrogens is 295 g/mol. The lowest BCUT2D eigenvalue weighted by atomic mass is 10.2. The molecule has 0 aliphatic rings. The zero-order valence-corrected chi connectivity index (χ0v) is 12.1. The third-order valence-electron chi connectivity index (χ3n) is 2.72. The molecule has 0 aliphatic carbocycles. The maximum atomic E-state index is 12.8. The van der Waals surface area contributed by atoms with Gasteiger partial charge in [0.25, 0.3) is 0 Å². The van der Waals surface area contributed by atoms with Crippen LogP contribution in [0, 0.1) is 5.82 Å². The third kappa shape index (κ3) is 5.55. The second kappa shape index (κ2) is 7.78. The van der Waals surface area contributed by atoms with Crippen molar-refractivity contribution in [3.05, 3.63) is 41.8 Å². The number of aliphatic carboxylic acids is 1. The lowest BCUT2D eigenvalue weighted by Crippen LogP contribution is -1.95. The van der Waals surface area contributed by atoms with E-state index in [1.165, 1.54) is 23.9 Å². The number of carboxylic acids is 1. The van der Waals surface area contributed by atoms with Crippen molar-refractivity contribution < 1.29 is 18.8 Å². The zero-order chi connectivity index (χ0) is 15.1. The smallest absolute Gasteiger partial charge is 0.303 e. The number of benzene rings is 1. The highest BCUT2D eigenvalue weighted by molar-refractivity contribution is 7.98. The lowest BCUT2D eigenvalue weighted by Gasteiger charge is -1.97. The number of rotatable bonds is 8. The highest BCUT2D eigenvalue weighted by Crippen LogP contribution is 2.21. The van der Waals surface area contributed by atoms with Crippen molar-refractivity contribution in [3.63, 3.8) is 0 Å². The average molecular weight is 310 g/mol. The van der Waals surface area contributed by atoms with E-state index < -0.39 is 5.97 Å². The molecule has 0 saturated heterocycles. The number of halogens is 1. The maximum absolute atomic E-state index is 12.8. The van der Waals surface area contributed by atoms with Gasteiger partial charge in [0.15, 0.2) is 5.82 Å². The van der Waals surface area contributed by atoms with Crippen molar-refractivity contribution in [2.75, 3.05) is 0 Å². The summed E-state index contributed by atoms with van der Waals surface area (Å²) >= 11 is 1.50. The van der Waals surface area contributed by atoms with E-state index >= 15 is 0 Å². The number of nitrogens with zero attached hydrogens (tertiary/aromatic N) is 2. The molecule has 0 unspecified atom stereocenters. The van der Waals surface area contributed by atoms with Gasteiger partial charge in [0.05, 0.1) is 5.75 Å². The molecule has 0 saturated carbocycles. The topological polar surface area (TPSA) is 76.2 Å². The molecule has 0 fully saturated rings. The Hall–Kier alpha value is -1.89. The summed E-state index contributed by atoms with van der Waals surface area (Å²) in [5.74, 6) is 0.594. The van der Waals surface area contributed by atoms with E-state index in [1.807, 2.05) is 0 Å². The van der Waals surface area contributed by atoms with Gasteiger partial charge in [-0.2, -0.15) is 4.98 Å². The molecule has 1 N–H and O–H groups in total. The predicted octanol–water partition coefficient (Wildman–Crippen LogP) is 3.30. The number of aryl methyl sites for hydroxylation is 1. The van der Waals surface area contributed by atoms with E-state index in [0.717, 1.165) is 4.90 Å². The van der Waals surface area contributed by atoms with E-state index in [2.05, 4.69) is 10.1 Å². The van der Waals surface area contributed by atoms with E-state index in [9.17, 15) is 9.18 Å². The van der Waals surface area contributed by atoms with Gasteiger partial charge < -0.3 is 9.63 Å². The lowest BCUT2D eigenvalue weighted by molar-refractivity contribution is -0.137. The average Bonchev–Trinajstić information content (AvgIpc) is 2.91. The Morgan fingerprint density at radius 1 is 1.29 bits per heavy atom. The zero-order valence-electron chi connectivity index (χ0n) is 11.3. The minimum atomic E-state index is -0.795. The van der Waals surface area contributed by atoms with Crippen LogP contribution in [0.3, 0.4) is 0 Å². The van der Waals surface area contributed by atoms with Gasteiger partial charge in [0.2, 0.25) is 5.89 Å². The highest BCUT2D eigenvalue weighted by Gasteiger charge is 2.07. The fourth-order valence-electron chi connectivity index (χ4n) is 1.68. The van der Waals surface area contributed by atoms with Gasteiger partial charge in [-0.1, -0.05) is 5.16 Å². The van der Waals surface area contributed by atoms with Gasteiger partial charge in [-0.15, -0.1) is 11.8 Å². The van der Waals surface area contributed by atoms with Crippen LogP contribution in [-0.2, 0) is 17.0 Å². The van der Waals surface area contributed by atoms with Crippen molar-refractivity contribution in [2.45, 2.75) is 36.3 Å². The molecule has 2 aromatic rings. The molecule has 1 aromatic heterocycles. The number of carbonyl (C=O) groups is 1. The molecule has 0 amide bonds. The van der Waals surface area contributed by atoms with Crippen LogP contribution in [0.2, 0.25) is 0 Å². The summed E-state index contributed by atoms with van der Waals surface area (Å²) in [5.41, 5.74) is 0. The van der Waals surface area contributed by atoms with Crippen LogP contribution in [0.4, 0.5) is 4.39 Å². The van der Waals surface area contributed by atoms with Crippen molar-refractivity contribution in [3.8, 4) is 0 Å². The quantitative estimate of drug-likeness (QED) is 0.595. The first-order valence-electron chi connectivity index (χ1n) is 6.55. The first-order chi connectivity index (χ1) is 10.1. The van der Waals surface area contributed by atoms with Gasteiger partial charge in [-0.05, 0) is 37.1 Å². The largest absolute Gasteiger partial charge is 0.481 e. The van der Waals surface area contributed by atoms with Crippen LogP contribution in [0.15, 0.2) is 33.7 Å². The molecule has 0 radical (unpaired) electrons. The summed E-state index contributed by atoms with van der Waals surface area (Å²) < 4.78 is 17.9. The first-order valence-corrected chi connectivity index (χ1v) is 7.53. The first kappa shape index (κ1) is 15.5. The minimum Gasteiger partial charge on any atom is -0.481 e. The predicted molar refractivity (Wildman–Crippen MR) is 75.4 cm³/mol. The van der Waals surface area contributed by atoms with Gasteiger partial charge >= 0.3 is 5.97 Å². The van der Waals surface area contributed by atoms with Crippen molar-refractivity contribution in [1.29, 1.82) is 0 Å². The molecule has 21 heavy (non-hydrogen) atoms. The van der Waals surface area contributed by atoms with Gasteiger partial charge in [0.1, 0.15) is 5.82 Å². The van der Waals surface area contributed by atoms with E-state index in [0.29, 0.717) is 36.7 Å². The Morgan fingerprint density at radius 2 is 2.05 bits per heavy atom. The molecule has 7 heteroatoms. The normalized spacial score (nSPS) is 10.7. The Morgan fingerprint density at radius 3 is 2.76 bits per heavy atom. The molecular formula is C14H15FN2O3S. The fourth-order valence-corrected chi connectivity index (χ4v) is 2.42. The van der Waals surface area contributed by atoms with Crippen LogP contribution < -0.4 is 0 Å². The molecule has 1 heterocycles. The van der Waals surface area contributed by atoms with Crippen molar-refractivity contribution >= 4 is 17.7 Å². The summed E-state index contributed by atoms with van der Waals surface area (Å²) in [6, 6.07) is 6.22. The van der Waals surface area contributed by atoms with E-state index in [-0.39, 0.29) is 12.2 Å². The Balaban J connectivity index is 1.75. The Labute approximate surface area is 125 Å². The van der Waals surface area contributed by atoms with Crippen LogP contribution in [0.1, 0.15) is 31.0 Å². The fraction of sp³-hybridized carbons (Fsp3) is 0.357. The SMILES string of the molecule is O=C(O)CCCCc1nc(CSc2ccc(F)cc2)no1. The molecule has 0 bridgehead atoms. The molecule has 112 valence electrons. The molecule has 0 spiro atoms. The van der Waals surface area contributed by atoms with Crippen molar-refractivity contribution in [2.24, 2.45) is 0 Å². The third-order valence-corrected chi connectivity index (χ3v) is 3.73. The second-order valence-electron chi connectivity index (χ2n) is 4.45. The summed E-state index contributed by atoms with van der Waals surface area (Å²) in [6.45, 7) is 0. The molecule has 1 aromatic carbocycles. The monoisotopic (exact) mass is 310 g/mol. The second-order valence-corrected chi connectivity index (χ2v) is 5.50. The number of thioether (sulfide) groups is 1. The minimum absolute atomic E-state index is 0.154. The standard InChI is InChI=1S/C14H15FN2O3S/c15-10-5-7-11(8-6-10)21-9-12-16-13(20-17-12)3-1-2-4-14(18)19/h5-8H,1-4,9H2,(H,18,19). The van der Waals surface area contributed by atoms with Crippen molar-refractivity contribution in [1.82, 2.24) is 10.1 Å². The van der Waals surface area contributed by atoms with Crippen LogP contribution in [-0.4, -0.2) is 21.2 Å². The number of hydrogen-bond donors (Lipinski definition) is 1. The summed E-state index contributed by atoms with van der Waals surface area (Å²) in [6.07, 6.45) is 2.04. The number of carboxylic acid groups (broad SMARTS) is 1. The molecule has 0 aliphatic heterocycles. The maximum Gasteiger partial charge on any atom is 0.303 e. The Bertz CT molecular complexity index is 586. The number of aromatic nitrogens is 2. The Kier molecular flexibility index (Phi) is 5.74. The number of unbranched alkanes of at least 4 members (excludes halogenated alkanes) is 1.